The molecule has 0 saturated carbocycles. The first-order valence-corrected chi connectivity index (χ1v) is 12.6. The van der Waals surface area contributed by atoms with Gasteiger partial charge in [-0.05, 0) is 60.9 Å². The molecule has 11 heteroatoms. The maximum absolute atomic E-state index is 13.3. The fourth-order valence-electron chi connectivity index (χ4n) is 3.85. The predicted octanol–water partition coefficient (Wildman–Crippen LogP) is 3.79. The smallest absolute Gasteiger partial charge is 0.313 e. The van der Waals surface area contributed by atoms with Gasteiger partial charge in [-0.25, -0.2) is 8.42 Å². The normalized spacial score (nSPS) is 13.3. The summed E-state index contributed by atoms with van der Waals surface area (Å²) >= 11 is 0. The topological polar surface area (TPSA) is 136 Å². The molecule has 0 aliphatic rings. The molecule has 0 amide bonds. The summed E-state index contributed by atoms with van der Waals surface area (Å²) in [5.74, 6) is -0.449. The summed E-state index contributed by atoms with van der Waals surface area (Å²) in [6, 6.07) is 16.9. The number of ether oxygens (including phenoxy) is 1. The number of hydrogen-bond acceptors (Lipinski definition) is 7. The first-order chi connectivity index (χ1) is 17.0. The molecule has 10 nitrogen and oxygen atoms in total. The molecule has 0 unspecified atom stereocenters. The number of carboxylic acid groups (broad SMARTS) is 1. The van der Waals surface area contributed by atoms with E-state index in [2.05, 4.69) is 4.84 Å². The average molecular weight is 517 g/mol. The van der Waals surface area contributed by atoms with E-state index >= 15 is 0 Å². The number of carbonyl (C=O) groups is 1. The minimum Gasteiger partial charge on any atom is -0.497 e. The zero-order valence-corrected chi connectivity index (χ0v) is 21.0. The molecule has 36 heavy (non-hydrogen) atoms. The van der Waals surface area contributed by atoms with E-state index in [1.807, 2.05) is 19.1 Å². The molecule has 1 N–H and O–H groups in total. The van der Waals surface area contributed by atoms with Crippen molar-refractivity contribution in [3.05, 3.63) is 81.9 Å². The summed E-state index contributed by atoms with van der Waals surface area (Å²) in [6.45, 7) is 2.35. The summed E-state index contributed by atoms with van der Waals surface area (Å²) in [6.07, 6.45) is -0.0758. The molecule has 0 radical (unpaired) electrons. The van der Waals surface area contributed by atoms with Gasteiger partial charge in [0.2, 0.25) is 10.0 Å². The van der Waals surface area contributed by atoms with Crippen LogP contribution >= 0.6 is 0 Å². The van der Waals surface area contributed by atoms with Gasteiger partial charge in [-0.15, -0.1) is 10.1 Å². The molecule has 1 atom stereocenters. The minimum absolute atomic E-state index is 0.00545. The van der Waals surface area contributed by atoms with Crippen LogP contribution < -0.4 is 4.74 Å². The molecular formula is C25H28N2O8S. The van der Waals surface area contributed by atoms with Gasteiger partial charge in [-0.3, -0.25) is 4.79 Å². The van der Waals surface area contributed by atoms with Crippen LogP contribution in [0.2, 0.25) is 0 Å². The van der Waals surface area contributed by atoms with Crippen molar-refractivity contribution < 1.29 is 33.0 Å². The van der Waals surface area contributed by atoms with E-state index in [1.165, 1.54) is 19.1 Å². The highest BCUT2D eigenvalue weighted by Crippen LogP contribution is 2.33. The second kappa shape index (κ2) is 10.9. The molecular weight excluding hydrogens is 488 g/mol. The molecule has 192 valence electrons. The second-order valence-corrected chi connectivity index (χ2v) is 10.5. The highest BCUT2D eigenvalue weighted by molar-refractivity contribution is 7.89. The van der Waals surface area contributed by atoms with Gasteiger partial charge in [0.25, 0.3) is 5.09 Å². The van der Waals surface area contributed by atoms with E-state index in [9.17, 15) is 28.4 Å². The fourth-order valence-corrected chi connectivity index (χ4v) is 5.27. The lowest BCUT2D eigenvalue weighted by Gasteiger charge is -2.29. The Morgan fingerprint density at radius 2 is 1.69 bits per heavy atom. The third kappa shape index (κ3) is 5.92. The third-order valence-corrected chi connectivity index (χ3v) is 8.13. The van der Waals surface area contributed by atoms with Crippen LogP contribution in [0.25, 0.3) is 10.8 Å². The van der Waals surface area contributed by atoms with Crippen molar-refractivity contribution in [3.8, 4) is 5.75 Å². The number of benzene rings is 3. The first kappa shape index (κ1) is 26.9. The lowest BCUT2D eigenvalue weighted by molar-refractivity contribution is -0.757. The lowest BCUT2D eigenvalue weighted by atomic mass is 9.79. The summed E-state index contributed by atoms with van der Waals surface area (Å²) in [7, 11) is -2.50. The number of sulfonamides is 1. The van der Waals surface area contributed by atoms with E-state index in [0.717, 1.165) is 20.6 Å². The predicted molar refractivity (Wildman–Crippen MR) is 133 cm³/mol. The van der Waals surface area contributed by atoms with Crippen molar-refractivity contribution in [3.63, 3.8) is 0 Å². The quantitative estimate of drug-likeness (QED) is 0.284. The largest absolute Gasteiger partial charge is 0.497 e. The van der Waals surface area contributed by atoms with Gasteiger partial charge in [-0.2, -0.15) is 4.31 Å². The Bertz CT molecular complexity index is 1360. The van der Waals surface area contributed by atoms with Gasteiger partial charge < -0.3 is 14.7 Å². The van der Waals surface area contributed by atoms with Gasteiger partial charge in [0.1, 0.15) is 12.4 Å². The monoisotopic (exact) mass is 516 g/mol. The van der Waals surface area contributed by atoms with Crippen molar-refractivity contribution in [2.75, 3.05) is 26.8 Å². The van der Waals surface area contributed by atoms with Crippen LogP contribution in [0.1, 0.15) is 24.5 Å². The number of carboxylic acids is 1. The molecule has 0 aliphatic heterocycles. The van der Waals surface area contributed by atoms with E-state index in [-0.39, 0.29) is 24.4 Å². The summed E-state index contributed by atoms with van der Waals surface area (Å²) < 4.78 is 32.9. The maximum atomic E-state index is 13.3. The lowest BCUT2D eigenvalue weighted by Crippen LogP contribution is -2.41. The third-order valence-electron chi connectivity index (χ3n) is 6.21. The van der Waals surface area contributed by atoms with E-state index in [1.54, 1.807) is 43.5 Å². The number of aryl methyl sites for hydroxylation is 1. The van der Waals surface area contributed by atoms with E-state index in [0.29, 0.717) is 11.3 Å². The molecule has 0 fully saturated rings. The highest BCUT2D eigenvalue weighted by Gasteiger charge is 2.37. The SMILES string of the molecule is COc1ccc2cc([C@](C)(CCN(CCO[N+](=O)[O-])S(=O)(=O)c3ccc(C)cc3)C(=O)O)ccc2c1. The molecule has 0 heterocycles. The Morgan fingerprint density at radius 1 is 1.06 bits per heavy atom. The Kier molecular flexibility index (Phi) is 8.16. The molecule has 0 aromatic heterocycles. The Labute approximate surface area is 209 Å². The van der Waals surface area contributed by atoms with Crippen LogP contribution in [0.5, 0.6) is 5.75 Å². The van der Waals surface area contributed by atoms with Gasteiger partial charge in [0, 0.05) is 13.1 Å². The summed E-state index contributed by atoms with van der Waals surface area (Å²) in [5, 5.41) is 21.4. The van der Waals surface area contributed by atoms with Crippen molar-refractivity contribution in [1.29, 1.82) is 0 Å². The van der Waals surface area contributed by atoms with Gasteiger partial charge >= 0.3 is 5.97 Å². The van der Waals surface area contributed by atoms with Gasteiger partial charge in [0.05, 0.1) is 17.4 Å². The van der Waals surface area contributed by atoms with Crippen LogP contribution in [-0.2, 0) is 25.1 Å². The van der Waals surface area contributed by atoms with Crippen molar-refractivity contribution in [1.82, 2.24) is 4.31 Å². The zero-order chi connectivity index (χ0) is 26.5. The van der Waals surface area contributed by atoms with Crippen LogP contribution in [0.3, 0.4) is 0 Å². The van der Waals surface area contributed by atoms with Gasteiger partial charge in [-0.1, -0.05) is 42.0 Å². The summed E-state index contributed by atoms with van der Waals surface area (Å²) in [5.41, 5.74) is -0.0643. The van der Waals surface area contributed by atoms with E-state index < -0.39 is 33.1 Å². The van der Waals surface area contributed by atoms with Crippen LogP contribution in [0.15, 0.2) is 65.6 Å². The van der Waals surface area contributed by atoms with Crippen molar-refractivity contribution in [2.45, 2.75) is 30.6 Å². The average Bonchev–Trinajstić information content (AvgIpc) is 2.84. The number of nitrogens with zero attached hydrogens (tertiary/aromatic N) is 2. The van der Waals surface area contributed by atoms with Crippen molar-refractivity contribution in [2.24, 2.45) is 0 Å². The number of aliphatic carboxylic acids is 1. The second-order valence-electron chi connectivity index (χ2n) is 8.59. The molecule has 3 rings (SSSR count). The van der Waals surface area contributed by atoms with Crippen LogP contribution in [0.4, 0.5) is 0 Å². The van der Waals surface area contributed by atoms with E-state index in [4.69, 9.17) is 4.74 Å². The standard InChI is InChI=1S/C25H28N2O8S/c1-18-4-10-23(11-5-18)36(32,33)26(14-15-35-27(30)31)13-12-25(2,24(28)29)21-8-6-20-17-22(34-3)9-7-19(20)16-21/h4-11,16-17H,12-15H2,1-3H3,(H,28,29)/t25-/m0/s1. The molecule has 0 spiro atoms. The van der Waals surface area contributed by atoms with Crippen molar-refractivity contribution >= 4 is 26.8 Å². The number of rotatable bonds is 12. The molecule has 0 aliphatic carbocycles. The minimum atomic E-state index is -4.06. The molecule has 0 bridgehead atoms. The van der Waals surface area contributed by atoms with Crippen LogP contribution in [-0.4, -0.2) is 55.7 Å². The van der Waals surface area contributed by atoms with Gasteiger partial charge in [0.15, 0.2) is 0 Å². The fraction of sp³-hybridized carbons (Fsp3) is 0.320. The Balaban J connectivity index is 1.92. The molecule has 0 saturated heterocycles. The molecule has 3 aromatic carbocycles. The number of hydrogen-bond donors (Lipinski definition) is 1. The zero-order valence-electron chi connectivity index (χ0n) is 20.2. The number of fused-ring (bicyclic) bond motifs is 1. The Morgan fingerprint density at radius 3 is 2.31 bits per heavy atom. The molecule has 3 aromatic rings. The first-order valence-electron chi connectivity index (χ1n) is 11.1. The summed E-state index contributed by atoms with van der Waals surface area (Å²) in [4.78, 5) is 27.4. The highest BCUT2D eigenvalue weighted by atomic mass is 32.2. The Hall–Kier alpha value is -3.70. The number of methoxy groups -OCH3 is 1. The maximum Gasteiger partial charge on any atom is 0.313 e. The van der Waals surface area contributed by atoms with Crippen LogP contribution in [0, 0.1) is 17.0 Å².